The van der Waals surface area contributed by atoms with Gasteiger partial charge in [0.05, 0.1) is 0 Å². The molecule has 1 heterocycles. The summed E-state index contributed by atoms with van der Waals surface area (Å²) in [5.74, 6) is 0. The summed E-state index contributed by atoms with van der Waals surface area (Å²) in [5.41, 5.74) is 0. The maximum atomic E-state index is 8.32. The van der Waals surface area contributed by atoms with Crippen LogP contribution in [0.15, 0.2) is 11.6 Å². The van der Waals surface area contributed by atoms with E-state index in [1.165, 1.54) is 4.90 Å². The Hall–Kier alpha value is -0.140. The van der Waals surface area contributed by atoms with Crippen LogP contribution < -0.4 is 0 Å². The van der Waals surface area contributed by atoms with Crippen molar-refractivity contribution in [2.75, 3.05) is 0 Å². The second-order valence-corrected chi connectivity index (χ2v) is 3.68. The molecule has 0 N–H and O–H groups in total. The summed E-state index contributed by atoms with van der Waals surface area (Å²) in [7, 11) is 0. The van der Waals surface area contributed by atoms with Gasteiger partial charge in [0, 0.05) is 6.20 Å². The molecule has 0 fully saturated rings. The summed E-state index contributed by atoms with van der Waals surface area (Å²) in [4.78, 5) is 1.53. The fourth-order valence-electron chi connectivity index (χ4n) is 0.377. The Kier molecular flexibility index (Phi) is 1.81. The van der Waals surface area contributed by atoms with Gasteiger partial charge in [0.25, 0.3) is 0 Å². The highest BCUT2D eigenvalue weighted by molar-refractivity contribution is 9.11. The Labute approximate surface area is 60.3 Å². The number of nitriles is 1. The lowest BCUT2D eigenvalue weighted by Crippen LogP contribution is -2.11. The molecule has 1 aliphatic heterocycles. The fourth-order valence-corrected chi connectivity index (χ4v) is 1.56. The minimum absolute atomic E-state index is 0.118. The number of nitrogens with zero attached hydrogens (tertiary/aromatic N) is 2. The molecule has 0 aromatic rings. The minimum Gasteiger partial charge on any atom is -0.263 e. The van der Waals surface area contributed by atoms with E-state index in [1.54, 1.807) is 18.0 Å². The smallest absolute Gasteiger partial charge is 0.185 e. The maximum absolute atomic E-state index is 8.32. The molecule has 0 aromatic heterocycles. The Morgan fingerprint density at radius 2 is 2.62 bits per heavy atom. The summed E-state index contributed by atoms with van der Waals surface area (Å²) >= 11 is 4.84. The van der Waals surface area contributed by atoms with Crippen LogP contribution in [0.1, 0.15) is 0 Å². The van der Waals surface area contributed by atoms with Gasteiger partial charge >= 0.3 is 0 Å². The van der Waals surface area contributed by atoms with Gasteiger partial charge in [-0.2, -0.15) is 5.26 Å². The van der Waals surface area contributed by atoms with Crippen LogP contribution in [-0.2, 0) is 0 Å². The lowest BCUT2D eigenvalue weighted by atomic mass is 10.8. The highest BCUT2D eigenvalue weighted by Gasteiger charge is 2.14. The molecule has 1 atom stereocenters. The lowest BCUT2D eigenvalue weighted by Gasteiger charge is -2.06. The molecule has 0 radical (unpaired) electrons. The summed E-state index contributed by atoms with van der Waals surface area (Å²) in [6.45, 7) is 0. The van der Waals surface area contributed by atoms with Gasteiger partial charge in [-0.15, -0.1) is 0 Å². The zero-order valence-corrected chi connectivity index (χ0v) is 6.32. The molecule has 1 rings (SSSR count). The molecule has 0 aromatic carbocycles. The molecule has 1 unspecified atom stereocenters. The Balaban J connectivity index is 2.57. The zero-order chi connectivity index (χ0) is 5.98. The van der Waals surface area contributed by atoms with E-state index in [-0.39, 0.29) is 4.28 Å². The fraction of sp³-hybridized carbons (Fsp3) is 0.250. The third kappa shape index (κ3) is 0.984. The second kappa shape index (κ2) is 2.42. The summed E-state index contributed by atoms with van der Waals surface area (Å²) in [6, 6.07) is 0. The molecule has 0 amide bonds. The van der Waals surface area contributed by atoms with Crippen LogP contribution in [0.2, 0.25) is 0 Å². The largest absolute Gasteiger partial charge is 0.263 e. The molecule has 0 saturated heterocycles. The van der Waals surface area contributed by atoms with Gasteiger partial charge in [-0.3, -0.25) is 4.90 Å². The molecule has 4 heteroatoms. The van der Waals surface area contributed by atoms with E-state index < -0.39 is 0 Å². The van der Waals surface area contributed by atoms with Gasteiger partial charge in [0.2, 0.25) is 0 Å². The van der Waals surface area contributed by atoms with Gasteiger partial charge in [0.15, 0.2) is 6.19 Å². The topological polar surface area (TPSA) is 27.0 Å². The molecular weight excluding hydrogens is 188 g/mol. The van der Waals surface area contributed by atoms with Gasteiger partial charge in [0.1, 0.15) is 4.28 Å². The Morgan fingerprint density at radius 1 is 1.88 bits per heavy atom. The molecule has 8 heavy (non-hydrogen) atoms. The van der Waals surface area contributed by atoms with E-state index >= 15 is 0 Å². The minimum atomic E-state index is 0.118. The van der Waals surface area contributed by atoms with Crippen LogP contribution in [-0.4, -0.2) is 9.18 Å². The maximum Gasteiger partial charge on any atom is 0.185 e. The standard InChI is InChI=1S/C4H3BrN2S/c5-4-7(3-6)1-2-8-4/h1-2,4H. The van der Waals surface area contributed by atoms with Gasteiger partial charge in [-0.25, -0.2) is 0 Å². The van der Waals surface area contributed by atoms with Crippen LogP contribution in [0.3, 0.4) is 0 Å². The summed E-state index contributed by atoms with van der Waals surface area (Å²) in [5, 5.41) is 10.2. The van der Waals surface area contributed by atoms with E-state index in [2.05, 4.69) is 15.9 Å². The Morgan fingerprint density at radius 3 is 2.88 bits per heavy atom. The number of hydrogen-bond acceptors (Lipinski definition) is 3. The third-order valence-corrected chi connectivity index (χ3v) is 2.57. The zero-order valence-electron chi connectivity index (χ0n) is 3.91. The number of halogens is 1. The monoisotopic (exact) mass is 190 g/mol. The van der Waals surface area contributed by atoms with Crippen molar-refractivity contribution in [2.24, 2.45) is 0 Å². The molecule has 1 aliphatic rings. The van der Waals surface area contributed by atoms with Crippen LogP contribution in [0, 0.1) is 11.5 Å². The molecule has 42 valence electrons. The van der Waals surface area contributed by atoms with E-state index in [4.69, 9.17) is 5.26 Å². The average molecular weight is 191 g/mol. The molecule has 2 nitrogen and oxygen atoms in total. The normalized spacial score (nSPS) is 26.0. The van der Waals surface area contributed by atoms with Crippen LogP contribution in [0.25, 0.3) is 0 Å². The van der Waals surface area contributed by atoms with Crippen molar-refractivity contribution < 1.29 is 0 Å². The van der Waals surface area contributed by atoms with E-state index in [0.717, 1.165) is 0 Å². The molecular formula is C4H3BrN2S. The van der Waals surface area contributed by atoms with Crippen molar-refractivity contribution >= 4 is 27.7 Å². The van der Waals surface area contributed by atoms with E-state index in [9.17, 15) is 0 Å². The molecule has 0 spiro atoms. The van der Waals surface area contributed by atoms with Crippen LogP contribution in [0.4, 0.5) is 0 Å². The first kappa shape index (κ1) is 5.99. The number of alkyl halides is 1. The van der Waals surface area contributed by atoms with Crippen molar-refractivity contribution in [3.63, 3.8) is 0 Å². The van der Waals surface area contributed by atoms with Gasteiger partial charge in [-0.1, -0.05) is 27.7 Å². The van der Waals surface area contributed by atoms with Crippen molar-refractivity contribution in [3.05, 3.63) is 11.6 Å². The van der Waals surface area contributed by atoms with Crippen molar-refractivity contribution in [1.82, 2.24) is 4.90 Å². The van der Waals surface area contributed by atoms with Crippen molar-refractivity contribution in [3.8, 4) is 6.19 Å². The summed E-state index contributed by atoms with van der Waals surface area (Å²) in [6.07, 6.45) is 3.73. The van der Waals surface area contributed by atoms with Crippen molar-refractivity contribution in [2.45, 2.75) is 4.28 Å². The first-order valence-electron chi connectivity index (χ1n) is 1.99. The lowest BCUT2D eigenvalue weighted by molar-refractivity contribution is 0.611. The van der Waals surface area contributed by atoms with Crippen LogP contribution >= 0.6 is 27.7 Å². The average Bonchev–Trinajstić information content (AvgIpc) is 2.14. The van der Waals surface area contributed by atoms with Gasteiger partial charge in [-0.05, 0) is 5.41 Å². The molecule has 0 aliphatic carbocycles. The molecule has 0 bridgehead atoms. The van der Waals surface area contributed by atoms with Crippen LogP contribution in [0.5, 0.6) is 0 Å². The number of thioether (sulfide) groups is 1. The molecule has 0 saturated carbocycles. The summed E-state index contributed by atoms with van der Waals surface area (Å²) < 4.78 is 0.118. The van der Waals surface area contributed by atoms with E-state index in [1.807, 2.05) is 11.6 Å². The predicted molar refractivity (Wildman–Crippen MR) is 36.9 cm³/mol. The first-order valence-corrected chi connectivity index (χ1v) is 3.85. The predicted octanol–water partition coefficient (Wildman–Crippen LogP) is 1.67. The third-order valence-electron chi connectivity index (χ3n) is 0.746. The second-order valence-electron chi connectivity index (χ2n) is 1.22. The highest BCUT2D eigenvalue weighted by Crippen LogP contribution is 2.28. The van der Waals surface area contributed by atoms with Crippen molar-refractivity contribution in [1.29, 1.82) is 5.26 Å². The quantitative estimate of drug-likeness (QED) is 0.331. The first-order chi connectivity index (χ1) is 3.84. The Bertz CT molecular complexity index is 151. The SMILES string of the molecule is N#CN1C=CSC1Br. The highest BCUT2D eigenvalue weighted by atomic mass is 79.9. The van der Waals surface area contributed by atoms with E-state index in [0.29, 0.717) is 0 Å². The van der Waals surface area contributed by atoms with Gasteiger partial charge < -0.3 is 0 Å². The number of rotatable bonds is 0. The number of hydrogen-bond donors (Lipinski definition) is 0.